The molecule has 152 valence electrons. The molecule has 1 amide bonds. The van der Waals surface area contributed by atoms with Gasteiger partial charge in [0.25, 0.3) is 5.91 Å². The van der Waals surface area contributed by atoms with Crippen LogP contribution in [-0.2, 0) is 27.0 Å². The molecule has 0 saturated heterocycles. The van der Waals surface area contributed by atoms with E-state index in [-0.39, 0.29) is 5.69 Å². The van der Waals surface area contributed by atoms with Gasteiger partial charge in [0, 0.05) is 5.69 Å². The zero-order valence-corrected chi connectivity index (χ0v) is 15.0. The largest absolute Gasteiger partial charge is 0.451 e. The molecule has 2 aromatic carbocycles. The Labute approximate surface area is 161 Å². The number of esters is 1. The molecule has 0 radical (unpaired) electrons. The summed E-state index contributed by atoms with van der Waals surface area (Å²) in [5.41, 5.74) is -0.0367. The zero-order valence-electron chi connectivity index (χ0n) is 15.0. The molecule has 0 aliphatic carbocycles. The number of oxazole rings is 1. The molecule has 0 unspecified atom stereocenters. The predicted molar refractivity (Wildman–Crippen MR) is 96.1 cm³/mol. The molecule has 3 rings (SSSR count). The number of ether oxygens (including phenoxy) is 1. The van der Waals surface area contributed by atoms with Crippen molar-refractivity contribution in [1.82, 2.24) is 4.57 Å². The normalized spacial score (nSPS) is 12.6. The first-order chi connectivity index (χ1) is 13.6. The van der Waals surface area contributed by atoms with E-state index in [1.54, 1.807) is 24.3 Å². The summed E-state index contributed by atoms with van der Waals surface area (Å²) < 4.78 is 48.8. The topological polar surface area (TPSA) is 90.5 Å². The van der Waals surface area contributed by atoms with Gasteiger partial charge in [-0.15, -0.1) is 0 Å². The van der Waals surface area contributed by atoms with E-state index in [1.165, 1.54) is 6.92 Å². The average molecular weight is 408 g/mol. The first kappa shape index (κ1) is 20.2. The minimum Gasteiger partial charge on any atom is -0.451 e. The number of carbonyl (C=O) groups excluding carboxylic acids is 2. The van der Waals surface area contributed by atoms with Gasteiger partial charge in [-0.3, -0.25) is 14.2 Å². The minimum atomic E-state index is -4.49. The smallest absolute Gasteiger partial charge is 0.420 e. The van der Waals surface area contributed by atoms with Gasteiger partial charge >= 0.3 is 17.9 Å². The molecule has 0 bridgehead atoms. The summed E-state index contributed by atoms with van der Waals surface area (Å²) in [4.78, 5) is 36.1. The lowest BCUT2D eigenvalue weighted by Gasteiger charge is -2.14. The molecular weight excluding hydrogens is 393 g/mol. The maximum absolute atomic E-state index is 12.6. The number of aromatic nitrogens is 1. The van der Waals surface area contributed by atoms with Gasteiger partial charge in [-0.05, 0) is 43.3 Å². The van der Waals surface area contributed by atoms with Crippen molar-refractivity contribution in [2.45, 2.75) is 25.7 Å². The molecule has 0 aliphatic rings. The van der Waals surface area contributed by atoms with Crippen molar-refractivity contribution in [3.05, 3.63) is 64.6 Å². The number of benzene rings is 2. The summed E-state index contributed by atoms with van der Waals surface area (Å²) in [6.45, 7) is 0.835. The SMILES string of the molecule is C[C@@H](OC(=O)Cn1c(=O)oc2ccccc21)C(=O)Nc1ccc(C(F)(F)F)cc1. The van der Waals surface area contributed by atoms with E-state index >= 15 is 0 Å². The molecule has 3 aromatic rings. The summed E-state index contributed by atoms with van der Waals surface area (Å²) >= 11 is 0. The van der Waals surface area contributed by atoms with Gasteiger partial charge in [0.1, 0.15) is 6.54 Å². The van der Waals surface area contributed by atoms with Gasteiger partial charge in [0.05, 0.1) is 11.1 Å². The van der Waals surface area contributed by atoms with Crippen LogP contribution in [0.4, 0.5) is 18.9 Å². The number of fused-ring (bicyclic) bond motifs is 1. The second-order valence-electron chi connectivity index (χ2n) is 6.12. The first-order valence-corrected chi connectivity index (χ1v) is 8.41. The number of para-hydroxylation sites is 2. The number of nitrogens with one attached hydrogen (secondary N) is 1. The van der Waals surface area contributed by atoms with Crippen LogP contribution in [0.25, 0.3) is 11.1 Å². The van der Waals surface area contributed by atoms with Crippen molar-refractivity contribution < 1.29 is 31.9 Å². The Kier molecular flexibility index (Phi) is 5.44. The summed E-state index contributed by atoms with van der Waals surface area (Å²) in [5, 5.41) is 2.36. The summed E-state index contributed by atoms with van der Waals surface area (Å²) in [5.74, 6) is -2.33. The number of carbonyl (C=O) groups is 2. The summed E-state index contributed by atoms with van der Waals surface area (Å²) in [6.07, 6.45) is -5.72. The first-order valence-electron chi connectivity index (χ1n) is 8.41. The Morgan fingerprint density at radius 1 is 1.14 bits per heavy atom. The fourth-order valence-corrected chi connectivity index (χ4v) is 2.57. The number of halogens is 3. The highest BCUT2D eigenvalue weighted by Crippen LogP contribution is 2.29. The second kappa shape index (κ2) is 7.82. The average Bonchev–Trinajstić information content (AvgIpc) is 2.96. The molecule has 29 heavy (non-hydrogen) atoms. The van der Waals surface area contributed by atoms with Crippen LogP contribution >= 0.6 is 0 Å². The second-order valence-corrected chi connectivity index (χ2v) is 6.12. The standard InChI is InChI=1S/C19H15F3N2O5/c1-11(17(26)23-13-8-6-12(7-9-13)19(20,21)22)28-16(25)10-24-14-4-2-3-5-15(14)29-18(24)27/h2-9,11H,10H2,1H3,(H,23,26)/t11-/m1/s1. The molecule has 0 aliphatic heterocycles. The Balaban J connectivity index is 1.61. The predicted octanol–water partition coefficient (Wildman–Crippen LogP) is 3.18. The Bertz CT molecular complexity index is 1100. The van der Waals surface area contributed by atoms with E-state index < -0.39 is 42.0 Å². The fourth-order valence-electron chi connectivity index (χ4n) is 2.57. The third-order valence-electron chi connectivity index (χ3n) is 4.02. The maximum Gasteiger partial charge on any atom is 0.420 e. The van der Waals surface area contributed by atoms with Gasteiger partial charge < -0.3 is 14.5 Å². The van der Waals surface area contributed by atoms with Gasteiger partial charge in [0.15, 0.2) is 11.7 Å². The third kappa shape index (κ3) is 4.65. The van der Waals surface area contributed by atoms with Crippen molar-refractivity contribution in [1.29, 1.82) is 0 Å². The lowest BCUT2D eigenvalue weighted by Crippen LogP contribution is -2.32. The molecule has 1 atom stereocenters. The van der Waals surface area contributed by atoms with E-state index in [9.17, 15) is 27.6 Å². The molecular formula is C19H15F3N2O5. The van der Waals surface area contributed by atoms with Crippen LogP contribution in [0.3, 0.4) is 0 Å². The van der Waals surface area contributed by atoms with Crippen LogP contribution in [0.2, 0.25) is 0 Å². The van der Waals surface area contributed by atoms with Crippen molar-refractivity contribution in [2.24, 2.45) is 0 Å². The number of amides is 1. The van der Waals surface area contributed by atoms with Gasteiger partial charge in [-0.25, -0.2) is 4.79 Å². The number of nitrogens with zero attached hydrogens (tertiary/aromatic N) is 1. The number of hydrogen-bond acceptors (Lipinski definition) is 5. The van der Waals surface area contributed by atoms with Crippen LogP contribution in [0.15, 0.2) is 57.7 Å². The van der Waals surface area contributed by atoms with E-state index in [2.05, 4.69) is 5.32 Å². The van der Waals surface area contributed by atoms with Crippen molar-refractivity contribution >= 4 is 28.7 Å². The minimum absolute atomic E-state index is 0.114. The Morgan fingerprint density at radius 3 is 2.45 bits per heavy atom. The molecule has 0 spiro atoms. The van der Waals surface area contributed by atoms with Crippen LogP contribution in [0, 0.1) is 0 Å². The van der Waals surface area contributed by atoms with Crippen molar-refractivity contribution in [3.63, 3.8) is 0 Å². The lowest BCUT2D eigenvalue weighted by atomic mass is 10.2. The zero-order chi connectivity index (χ0) is 21.2. The quantitative estimate of drug-likeness (QED) is 0.655. The number of rotatable bonds is 5. The third-order valence-corrected chi connectivity index (χ3v) is 4.02. The highest BCUT2D eigenvalue weighted by Gasteiger charge is 2.30. The van der Waals surface area contributed by atoms with Gasteiger partial charge in [-0.1, -0.05) is 12.1 Å². The molecule has 1 N–H and O–H groups in total. The Hall–Kier alpha value is -3.56. The van der Waals surface area contributed by atoms with Gasteiger partial charge in [-0.2, -0.15) is 13.2 Å². The highest BCUT2D eigenvalue weighted by molar-refractivity contribution is 5.95. The van der Waals surface area contributed by atoms with Crippen LogP contribution in [0.1, 0.15) is 12.5 Å². The van der Waals surface area contributed by atoms with Crippen molar-refractivity contribution in [3.8, 4) is 0 Å². The molecule has 1 heterocycles. The molecule has 7 nitrogen and oxygen atoms in total. The summed E-state index contributed by atoms with van der Waals surface area (Å²) in [6, 6.07) is 10.3. The number of alkyl halides is 3. The van der Waals surface area contributed by atoms with E-state index in [0.29, 0.717) is 11.1 Å². The molecule has 0 saturated carbocycles. The lowest BCUT2D eigenvalue weighted by molar-refractivity contribution is -0.153. The maximum atomic E-state index is 12.6. The Morgan fingerprint density at radius 2 is 1.79 bits per heavy atom. The van der Waals surface area contributed by atoms with Crippen LogP contribution in [-0.4, -0.2) is 22.5 Å². The highest BCUT2D eigenvalue weighted by atomic mass is 19.4. The van der Waals surface area contributed by atoms with Crippen molar-refractivity contribution in [2.75, 3.05) is 5.32 Å². The van der Waals surface area contributed by atoms with E-state index in [4.69, 9.17) is 9.15 Å². The van der Waals surface area contributed by atoms with Crippen LogP contribution < -0.4 is 11.1 Å². The fraction of sp³-hybridized carbons (Fsp3) is 0.211. The molecule has 10 heteroatoms. The summed E-state index contributed by atoms with van der Waals surface area (Å²) in [7, 11) is 0. The molecule has 0 fully saturated rings. The van der Waals surface area contributed by atoms with Crippen LogP contribution in [0.5, 0.6) is 0 Å². The monoisotopic (exact) mass is 408 g/mol. The molecule has 1 aromatic heterocycles. The van der Waals surface area contributed by atoms with Gasteiger partial charge in [0.2, 0.25) is 0 Å². The number of hydrogen-bond donors (Lipinski definition) is 1. The number of anilines is 1. The van der Waals surface area contributed by atoms with E-state index in [0.717, 1.165) is 28.8 Å². The van der Waals surface area contributed by atoms with E-state index in [1.807, 2.05) is 0 Å².